The van der Waals surface area contributed by atoms with Crippen molar-refractivity contribution in [3.05, 3.63) is 11.1 Å². The lowest BCUT2D eigenvalue weighted by atomic mass is 9.80. The van der Waals surface area contributed by atoms with Gasteiger partial charge in [0.2, 0.25) is 0 Å². The summed E-state index contributed by atoms with van der Waals surface area (Å²) in [5.74, 6) is 1.72. The highest BCUT2D eigenvalue weighted by molar-refractivity contribution is 7.03. The first kappa shape index (κ1) is 11.0. The van der Waals surface area contributed by atoms with Gasteiger partial charge in [-0.1, -0.05) is 18.3 Å². The molecule has 1 aliphatic rings. The molecule has 2 unspecified atom stereocenters. The van der Waals surface area contributed by atoms with E-state index in [1.165, 1.54) is 30.8 Å². The molecule has 1 N–H and O–H groups in total. The number of hydrogen-bond acceptors (Lipinski definition) is 4. The van der Waals surface area contributed by atoms with Crippen molar-refractivity contribution in [1.29, 1.82) is 0 Å². The Bertz CT molecular complexity index is 276. The molecule has 0 radical (unpaired) electrons. The van der Waals surface area contributed by atoms with Crippen LogP contribution in [-0.2, 0) is 6.54 Å². The zero-order chi connectivity index (χ0) is 10.7. The quantitative estimate of drug-likeness (QED) is 0.858. The van der Waals surface area contributed by atoms with Crippen LogP contribution < -0.4 is 5.32 Å². The Hall–Kier alpha value is -0.480. The third kappa shape index (κ3) is 3.24. The lowest BCUT2D eigenvalue weighted by Gasteiger charge is -2.31. The van der Waals surface area contributed by atoms with Gasteiger partial charge in [0.25, 0.3) is 0 Å². The average Bonchev–Trinajstić information content (AvgIpc) is 2.65. The molecule has 84 valence electrons. The van der Waals surface area contributed by atoms with Crippen molar-refractivity contribution in [3.63, 3.8) is 0 Å². The van der Waals surface area contributed by atoms with Crippen LogP contribution in [0.2, 0.25) is 0 Å². The van der Waals surface area contributed by atoms with Crippen molar-refractivity contribution in [2.45, 2.75) is 45.7 Å². The van der Waals surface area contributed by atoms with Gasteiger partial charge in [-0.25, -0.2) is 0 Å². The second-order valence-electron chi connectivity index (χ2n) is 4.89. The third-order valence-corrected chi connectivity index (χ3v) is 3.71. The molecular weight excluding hydrogens is 206 g/mol. The monoisotopic (exact) mass is 225 g/mol. The van der Waals surface area contributed by atoms with Crippen molar-refractivity contribution in [3.8, 4) is 0 Å². The number of hydrogen-bond donors (Lipinski definition) is 1. The molecule has 4 heteroatoms. The van der Waals surface area contributed by atoms with Gasteiger partial charge in [0.15, 0.2) is 0 Å². The van der Waals surface area contributed by atoms with Crippen molar-refractivity contribution in [2.24, 2.45) is 11.8 Å². The molecule has 0 saturated heterocycles. The summed E-state index contributed by atoms with van der Waals surface area (Å²) in [7, 11) is 0. The van der Waals surface area contributed by atoms with Crippen molar-refractivity contribution in [1.82, 2.24) is 14.9 Å². The van der Waals surface area contributed by atoms with E-state index in [-0.39, 0.29) is 0 Å². The molecule has 0 amide bonds. The number of nitrogens with zero attached hydrogens (tertiary/aromatic N) is 2. The number of nitrogens with one attached hydrogen (secondary N) is 1. The molecule has 2 atom stereocenters. The standard InChI is InChI=1S/C11H19N3S/c1-8-3-9(2)5-10(4-8)12-6-11-7-15-14-13-11/h7-10,12H,3-6H2,1-2H3. The van der Waals surface area contributed by atoms with E-state index >= 15 is 0 Å². The largest absolute Gasteiger partial charge is 0.308 e. The van der Waals surface area contributed by atoms with Crippen LogP contribution in [0.1, 0.15) is 38.8 Å². The smallest absolute Gasteiger partial charge is 0.0893 e. The highest BCUT2D eigenvalue weighted by Gasteiger charge is 2.23. The van der Waals surface area contributed by atoms with Gasteiger partial charge in [-0.2, -0.15) is 0 Å². The zero-order valence-corrected chi connectivity index (χ0v) is 10.3. The van der Waals surface area contributed by atoms with Gasteiger partial charge in [-0.15, -0.1) is 5.10 Å². The highest BCUT2D eigenvalue weighted by Crippen LogP contribution is 2.28. The van der Waals surface area contributed by atoms with Gasteiger partial charge in [0.05, 0.1) is 5.69 Å². The topological polar surface area (TPSA) is 37.8 Å². The molecule has 3 nitrogen and oxygen atoms in total. The van der Waals surface area contributed by atoms with E-state index in [2.05, 4.69) is 28.8 Å². The van der Waals surface area contributed by atoms with Crippen molar-refractivity contribution in [2.75, 3.05) is 0 Å². The maximum Gasteiger partial charge on any atom is 0.0893 e. The third-order valence-electron chi connectivity index (χ3n) is 3.16. The molecule has 1 saturated carbocycles. The summed E-state index contributed by atoms with van der Waals surface area (Å²) < 4.78 is 3.87. The SMILES string of the molecule is CC1CC(C)CC(NCc2csnn2)C1. The predicted octanol–water partition coefficient (Wildman–Crippen LogP) is 2.45. The molecule has 0 aromatic carbocycles. The van der Waals surface area contributed by atoms with E-state index in [1.807, 2.05) is 5.38 Å². The van der Waals surface area contributed by atoms with Crippen molar-refractivity contribution >= 4 is 11.5 Å². The predicted molar refractivity (Wildman–Crippen MR) is 62.7 cm³/mol. The molecule has 1 aliphatic carbocycles. The zero-order valence-electron chi connectivity index (χ0n) is 9.44. The Labute approximate surface area is 95.4 Å². The molecule has 2 rings (SSSR count). The van der Waals surface area contributed by atoms with Crippen LogP contribution in [0.5, 0.6) is 0 Å². The van der Waals surface area contributed by atoms with Gasteiger partial charge >= 0.3 is 0 Å². The first-order chi connectivity index (χ1) is 7.24. The molecule has 1 fully saturated rings. The van der Waals surface area contributed by atoms with E-state index < -0.39 is 0 Å². The normalized spacial score (nSPS) is 31.7. The Morgan fingerprint density at radius 1 is 1.33 bits per heavy atom. The fraction of sp³-hybridized carbons (Fsp3) is 0.818. The molecule has 1 heterocycles. The van der Waals surface area contributed by atoms with Gasteiger partial charge in [-0.3, -0.25) is 0 Å². The van der Waals surface area contributed by atoms with Gasteiger partial charge in [0, 0.05) is 18.0 Å². The fourth-order valence-corrected chi connectivity index (χ4v) is 3.07. The van der Waals surface area contributed by atoms with Crippen LogP contribution in [0.25, 0.3) is 0 Å². The van der Waals surface area contributed by atoms with E-state index in [1.54, 1.807) is 0 Å². The minimum absolute atomic E-state index is 0.672. The Morgan fingerprint density at radius 3 is 2.67 bits per heavy atom. The number of aromatic nitrogens is 2. The molecular formula is C11H19N3S. The summed E-state index contributed by atoms with van der Waals surface area (Å²) in [6.45, 7) is 5.59. The molecule has 1 aromatic rings. The molecule has 1 aromatic heterocycles. The second-order valence-corrected chi connectivity index (χ2v) is 5.50. The second kappa shape index (κ2) is 5.03. The van der Waals surface area contributed by atoms with Gasteiger partial charge in [0.1, 0.15) is 0 Å². The first-order valence-corrected chi connectivity index (χ1v) is 6.57. The summed E-state index contributed by atoms with van der Waals surface area (Å²) in [6, 6.07) is 0.672. The molecule has 0 aliphatic heterocycles. The van der Waals surface area contributed by atoms with Crippen LogP contribution in [0.4, 0.5) is 0 Å². The van der Waals surface area contributed by atoms with E-state index in [9.17, 15) is 0 Å². The maximum absolute atomic E-state index is 4.04. The summed E-state index contributed by atoms with van der Waals surface area (Å²) in [5.41, 5.74) is 1.07. The highest BCUT2D eigenvalue weighted by atomic mass is 32.1. The lowest BCUT2D eigenvalue weighted by molar-refractivity contribution is 0.237. The molecule has 0 bridgehead atoms. The van der Waals surface area contributed by atoms with Crippen LogP contribution in [0.15, 0.2) is 5.38 Å². The Morgan fingerprint density at radius 2 is 2.07 bits per heavy atom. The maximum atomic E-state index is 4.04. The lowest BCUT2D eigenvalue weighted by Crippen LogP contribution is -2.35. The van der Waals surface area contributed by atoms with Crippen LogP contribution >= 0.6 is 11.5 Å². The van der Waals surface area contributed by atoms with Crippen LogP contribution in [0, 0.1) is 11.8 Å². The minimum Gasteiger partial charge on any atom is -0.308 e. The van der Waals surface area contributed by atoms with E-state index in [0.29, 0.717) is 6.04 Å². The molecule has 0 spiro atoms. The summed E-state index contributed by atoms with van der Waals surface area (Å²) in [4.78, 5) is 0. The van der Waals surface area contributed by atoms with Gasteiger partial charge in [-0.05, 0) is 42.6 Å². The summed E-state index contributed by atoms with van der Waals surface area (Å²) in [5, 5.41) is 9.65. The minimum atomic E-state index is 0.672. The van der Waals surface area contributed by atoms with Crippen LogP contribution in [0.3, 0.4) is 0 Å². The van der Waals surface area contributed by atoms with Crippen LogP contribution in [-0.4, -0.2) is 15.6 Å². The van der Waals surface area contributed by atoms with Crippen molar-refractivity contribution < 1.29 is 0 Å². The van der Waals surface area contributed by atoms with E-state index in [4.69, 9.17) is 0 Å². The summed E-state index contributed by atoms with van der Waals surface area (Å²) >= 11 is 1.43. The summed E-state index contributed by atoms with van der Waals surface area (Å²) in [6.07, 6.45) is 4.00. The van der Waals surface area contributed by atoms with E-state index in [0.717, 1.165) is 24.1 Å². The number of rotatable bonds is 3. The molecule has 15 heavy (non-hydrogen) atoms. The van der Waals surface area contributed by atoms with Gasteiger partial charge < -0.3 is 5.32 Å². The average molecular weight is 225 g/mol. The Balaban J connectivity index is 1.79. The Kier molecular flexibility index (Phi) is 3.70. The fourth-order valence-electron chi connectivity index (χ4n) is 2.62. The first-order valence-electron chi connectivity index (χ1n) is 5.73.